The minimum atomic E-state index is -0.629. The van der Waals surface area contributed by atoms with E-state index in [-0.39, 0.29) is 30.6 Å². The molecule has 37 heavy (non-hydrogen) atoms. The minimum absolute atomic E-state index is 0.0663. The van der Waals surface area contributed by atoms with Gasteiger partial charge >= 0.3 is 18.0 Å². The maximum Gasteiger partial charge on any atom is 0.410 e. The number of carbonyl (C=O) groups is 3. The second kappa shape index (κ2) is 12.4. The highest BCUT2D eigenvalue weighted by Crippen LogP contribution is 2.42. The molecule has 0 aromatic carbocycles. The van der Waals surface area contributed by atoms with Crippen LogP contribution in [0.4, 0.5) is 4.79 Å². The van der Waals surface area contributed by atoms with Crippen molar-refractivity contribution in [2.24, 2.45) is 17.8 Å². The number of methoxy groups -OCH3 is 1. The fraction of sp³-hybridized carbons (Fsp3) is 0.833. The van der Waals surface area contributed by atoms with E-state index in [0.29, 0.717) is 61.9 Å². The van der Waals surface area contributed by atoms with E-state index in [1.165, 1.54) is 12.0 Å². The van der Waals surface area contributed by atoms with Gasteiger partial charge in [-0.3, -0.25) is 14.6 Å². The van der Waals surface area contributed by atoms with Crippen molar-refractivity contribution in [3.8, 4) is 0 Å². The number of rotatable bonds is 8. The van der Waals surface area contributed by atoms with Crippen molar-refractivity contribution in [1.29, 1.82) is 0 Å². The number of nitrogens with zero attached hydrogens (tertiary/aromatic N) is 6. The maximum absolute atomic E-state index is 12.8. The average Bonchev–Trinajstić information content (AvgIpc) is 3.55. The zero-order chi connectivity index (χ0) is 26.5. The van der Waals surface area contributed by atoms with Crippen LogP contribution in [-0.4, -0.2) is 100 Å². The van der Waals surface area contributed by atoms with Crippen LogP contribution in [0.1, 0.15) is 57.8 Å². The highest BCUT2D eigenvalue weighted by atomic mass is 32.1. The normalized spacial score (nSPS) is 30.0. The van der Waals surface area contributed by atoms with Gasteiger partial charge in [-0.25, -0.2) is 9.59 Å². The molecule has 1 aliphatic carbocycles. The van der Waals surface area contributed by atoms with E-state index in [9.17, 15) is 14.4 Å². The number of piperidine rings is 1. The minimum Gasteiger partial charge on any atom is -0.465 e. The van der Waals surface area contributed by atoms with E-state index in [0.717, 1.165) is 25.8 Å². The van der Waals surface area contributed by atoms with Crippen molar-refractivity contribution in [3.63, 3.8) is 0 Å². The predicted octanol–water partition coefficient (Wildman–Crippen LogP) is 1.72. The molecule has 6 unspecified atom stereocenters. The number of aromatic nitrogens is 4. The summed E-state index contributed by atoms with van der Waals surface area (Å²) in [6, 6.07) is -1.06. The molecule has 2 aliphatic heterocycles. The summed E-state index contributed by atoms with van der Waals surface area (Å²) < 4.78 is 15.6. The van der Waals surface area contributed by atoms with Crippen LogP contribution in [0.5, 0.6) is 0 Å². The monoisotopic (exact) mass is 538 g/mol. The largest absolute Gasteiger partial charge is 0.465 e. The predicted molar refractivity (Wildman–Crippen MR) is 135 cm³/mol. The van der Waals surface area contributed by atoms with Crippen molar-refractivity contribution in [1.82, 2.24) is 30.0 Å². The Morgan fingerprint density at radius 1 is 0.973 bits per heavy atom. The summed E-state index contributed by atoms with van der Waals surface area (Å²) in [7, 11) is 1.34. The summed E-state index contributed by atoms with van der Waals surface area (Å²) in [4.78, 5) is 43.2. The highest BCUT2D eigenvalue weighted by Gasteiger charge is 2.46. The van der Waals surface area contributed by atoms with Crippen LogP contribution in [0.2, 0.25) is 0 Å². The Morgan fingerprint density at radius 2 is 1.70 bits per heavy atom. The van der Waals surface area contributed by atoms with E-state index >= 15 is 0 Å². The molecule has 0 N–H and O–H groups in total. The number of ether oxygens (including phenoxy) is 3. The van der Waals surface area contributed by atoms with Crippen LogP contribution in [0.15, 0.2) is 0 Å². The first kappa shape index (κ1) is 27.6. The Hall–Kier alpha value is -2.41. The number of carbonyl (C=O) groups excluding carboxylic acids is 3. The lowest BCUT2D eigenvalue weighted by molar-refractivity contribution is -0.153. The van der Waals surface area contributed by atoms with Gasteiger partial charge in [0.2, 0.25) is 0 Å². The molecule has 0 bridgehead atoms. The highest BCUT2D eigenvalue weighted by molar-refractivity contribution is 7.79. The Balaban J connectivity index is 1.44. The van der Waals surface area contributed by atoms with E-state index in [1.807, 2.05) is 6.92 Å². The number of likely N-dealkylation sites (tertiary alicyclic amines) is 2. The molecule has 1 saturated carbocycles. The van der Waals surface area contributed by atoms with E-state index in [1.54, 1.807) is 11.7 Å². The number of tetrazole rings is 1. The summed E-state index contributed by atoms with van der Waals surface area (Å²) in [5.41, 5.74) is 0. The molecule has 3 heterocycles. The molecule has 3 aliphatic rings. The first-order valence-corrected chi connectivity index (χ1v) is 13.8. The molecule has 12 nitrogen and oxygen atoms in total. The number of thiol groups is 1. The second-order valence-electron chi connectivity index (χ2n) is 10.1. The average molecular weight is 539 g/mol. The van der Waals surface area contributed by atoms with Crippen LogP contribution in [0, 0.1) is 17.8 Å². The number of hydrogen-bond donors (Lipinski definition) is 1. The summed E-state index contributed by atoms with van der Waals surface area (Å²) in [6.45, 7) is 6.06. The Kier molecular flexibility index (Phi) is 9.27. The van der Waals surface area contributed by atoms with Gasteiger partial charge in [-0.05, 0) is 68.9 Å². The van der Waals surface area contributed by atoms with Gasteiger partial charge in [-0.15, -0.1) is 10.2 Å². The molecular formula is C24H38N6O6S. The molecule has 13 heteroatoms. The summed E-state index contributed by atoms with van der Waals surface area (Å²) >= 11 is 4.22. The number of fused-ring (bicyclic) bond motifs is 1. The number of esters is 2. The lowest BCUT2D eigenvalue weighted by Crippen LogP contribution is -2.55. The van der Waals surface area contributed by atoms with E-state index in [2.05, 4.69) is 32.9 Å². The summed E-state index contributed by atoms with van der Waals surface area (Å²) in [5, 5.41) is 12.6. The molecule has 1 aromatic heterocycles. The third-order valence-corrected chi connectivity index (χ3v) is 8.20. The number of hydrogen-bond acceptors (Lipinski definition) is 11. The van der Waals surface area contributed by atoms with Crippen LogP contribution >= 0.6 is 12.6 Å². The third-order valence-electron chi connectivity index (χ3n) is 7.92. The SMILES string of the molecule is CCOC(=O)C1CC(n2nnc(CS)n2)CN1CC1CCC2CN(C(=O)OC)C(C(=O)OCC)CC2C1. The van der Waals surface area contributed by atoms with Crippen LogP contribution in [0.3, 0.4) is 0 Å². The molecule has 6 atom stereocenters. The topological polar surface area (TPSA) is 129 Å². The van der Waals surface area contributed by atoms with Crippen LogP contribution < -0.4 is 0 Å². The standard InChI is InChI=1S/C24H38N6O6S/c1-4-35-22(31)19-10-18(30-26-21(14-37)25-27-30)13-28(19)11-15-6-7-16-12-29(24(33)34-3)20(9-17(16)8-15)23(32)36-5-2/h15-20,37H,4-14H2,1-3H3. The molecule has 1 aromatic rings. The van der Waals surface area contributed by atoms with Gasteiger partial charge in [0.25, 0.3) is 0 Å². The molecule has 206 valence electrons. The quantitative estimate of drug-likeness (QED) is 0.297. The fourth-order valence-corrected chi connectivity index (χ4v) is 6.36. The first-order valence-electron chi connectivity index (χ1n) is 13.2. The molecule has 3 fully saturated rings. The summed E-state index contributed by atoms with van der Waals surface area (Å²) in [5.74, 6) is 1.34. The van der Waals surface area contributed by atoms with Crippen molar-refractivity contribution >= 4 is 30.7 Å². The van der Waals surface area contributed by atoms with Crippen molar-refractivity contribution in [3.05, 3.63) is 5.82 Å². The van der Waals surface area contributed by atoms with E-state index in [4.69, 9.17) is 14.2 Å². The van der Waals surface area contributed by atoms with Gasteiger partial charge in [-0.2, -0.15) is 17.4 Å². The molecular weight excluding hydrogens is 500 g/mol. The van der Waals surface area contributed by atoms with Gasteiger partial charge < -0.3 is 14.2 Å². The zero-order valence-electron chi connectivity index (χ0n) is 21.8. The van der Waals surface area contributed by atoms with Gasteiger partial charge in [0, 0.05) is 19.6 Å². The molecule has 1 amide bonds. The van der Waals surface area contributed by atoms with Gasteiger partial charge in [0.1, 0.15) is 12.1 Å². The Morgan fingerprint density at radius 3 is 2.35 bits per heavy atom. The second-order valence-corrected chi connectivity index (χ2v) is 10.4. The van der Waals surface area contributed by atoms with Crippen molar-refractivity contribution < 1.29 is 28.6 Å². The summed E-state index contributed by atoms with van der Waals surface area (Å²) in [6.07, 6.45) is 3.52. The van der Waals surface area contributed by atoms with Gasteiger partial charge in [0.05, 0.1) is 32.1 Å². The Labute approximate surface area is 222 Å². The smallest absolute Gasteiger partial charge is 0.410 e. The lowest BCUT2D eigenvalue weighted by Gasteiger charge is -2.46. The van der Waals surface area contributed by atoms with Crippen molar-refractivity contribution in [2.75, 3.05) is 40.0 Å². The number of amides is 1. The van der Waals surface area contributed by atoms with E-state index < -0.39 is 12.1 Å². The van der Waals surface area contributed by atoms with Gasteiger partial charge in [0.15, 0.2) is 5.82 Å². The molecule has 0 spiro atoms. The lowest BCUT2D eigenvalue weighted by atomic mass is 9.69. The molecule has 0 radical (unpaired) electrons. The first-order chi connectivity index (χ1) is 17.9. The van der Waals surface area contributed by atoms with Gasteiger partial charge in [-0.1, -0.05) is 0 Å². The van der Waals surface area contributed by atoms with Crippen molar-refractivity contribution in [2.45, 2.75) is 69.8 Å². The van der Waals surface area contributed by atoms with Crippen LogP contribution in [0.25, 0.3) is 0 Å². The fourth-order valence-electron chi connectivity index (χ4n) is 6.23. The van der Waals surface area contributed by atoms with Crippen LogP contribution in [-0.2, 0) is 29.6 Å². The maximum atomic E-state index is 12.8. The molecule has 4 rings (SSSR count). The third kappa shape index (κ3) is 6.19. The zero-order valence-corrected chi connectivity index (χ0v) is 22.7. The Bertz CT molecular complexity index is 962. The molecule has 2 saturated heterocycles.